The van der Waals surface area contributed by atoms with Crippen molar-refractivity contribution in [2.24, 2.45) is 5.92 Å². The number of hydrogen-bond acceptors (Lipinski definition) is 4. The lowest BCUT2D eigenvalue weighted by Gasteiger charge is -2.37. The molecule has 0 bridgehead atoms. The molecule has 1 aromatic rings. The maximum Gasteiger partial charge on any atom is 0.409 e. The topological polar surface area (TPSA) is 63.0 Å². The number of amides is 2. The van der Waals surface area contributed by atoms with Gasteiger partial charge < -0.3 is 19.0 Å². The Bertz CT molecular complexity index is 612. The van der Waals surface area contributed by atoms with Gasteiger partial charge in [-0.2, -0.15) is 0 Å². The third-order valence-electron chi connectivity index (χ3n) is 5.21. The molecule has 0 radical (unpaired) electrons. The second-order valence-corrected chi connectivity index (χ2v) is 7.10. The van der Waals surface area contributed by atoms with Gasteiger partial charge in [0.05, 0.1) is 12.6 Å². The Hall–Kier alpha value is -1.98. The van der Waals surface area contributed by atoms with E-state index in [9.17, 15) is 9.59 Å². The van der Waals surface area contributed by atoms with Crippen LogP contribution in [0.2, 0.25) is 0 Å². The average molecular weight is 348 g/mol. The zero-order valence-electron chi connectivity index (χ0n) is 15.2. The van der Waals surface area contributed by atoms with Gasteiger partial charge in [-0.15, -0.1) is 0 Å². The maximum atomic E-state index is 12.8. The number of piperidine rings is 1. The van der Waals surface area contributed by atoms with E-state index in [0.717, 1.165) is 37.3 Å². The monoisotopic (exact) mass is 348 g/mol. The number of ether oxygens (including phenoxy) is 1. The van der Waals surface area contributed by atoms with E-state index >= 15 is 0 Å². The highest BCUT2D eigenvalue weighted by molar-refractivity contribution is 5.77. The molecule has 2 aliphatic rings. The van der Waals surface area contributed by atoms with Crippen molar-refractivity contribution in [3.05, 3.63) is 23.7 Å². The van der Waals surface area contributed by atoms with Gasteiger partial charge in [-0.1, -0.05) is 13.8 Å². The largest absolute Gasteiger partial charge is 0.464 e. The molecular weight excluding hydrogens is 320 g/mol. The van der Waals surface area contributed by atoms with E-state index in [1.807, 2.05) is 17.0 Å². The summed E-state index contributed by atoms with van der Waals surface area (Å²) in [6.45, 7) is 6.74. The van der Waals surface area contributed by atoms with Gasteiger partial charge >= 0.3 is 6.09 Å². The first-order valence-electron chi connectivity index (χ1n) is 9.38. The summed E-state index contributed by atoms with van der Waals surface area (Å²) in [5, 5.41) is 0. The molecule has 2 amide bonds. The summed E-state index contributed by atoms with van der Waals surface area (Å²) < 4.78 is 10.9. The Morgan fingerprint density at radius 2 is 2.16 bits per heavy atom. The molecule has 25 heavy (non-hydrogen) atoms. The lowest BCUT2D eigenvalue weighted by molar-refractivity contribution is -0.136. The SMILES string of the molecule is CCc1ccc(C2CC(C)CCN2C(=O)CCCN2CCOC2=O)o1. The third kappa shape index (κ3) is 4.17. The minimum absolute atomic E-state index is 0.0355. The summed E-state index contributed by atoms with van der Waals surface area (Å²) in [6.07, 6.45) is 3.70. The number of cyclic esters (lactones) is 1. The first kappa shape index (κ1) is 17.8. The van der Waals surface area contributed by atoms with Crippen molar-refractivity contribution in [2.45, 2.75) is 52.0 Å². The fraction of sp³-hybridized carbons (Fsp3) is 0.684. The van der Waals surface area contributed by atoms with Gasteiger partial charge in [-0.25, -0.2) is 4.79 Å². The van der Waals surface area contributed by atoms with Crippen LogP contribution in [0.5, 0.6) is 0 Å². The van der Waals surface area contributed by atoms with Crippen LogP contribution in [0.1, 0.15) is 57.1 Å². The minimum atomic E-state index is -0.264. The molecule has 2 fully saturated rings. The van der Waals surface area contributed by atoms with Crippen LogP contribution in [-0.2, 0) is 16.0 Å². The summed E-state index contributed by atoms with van der Waals surface area (Å²) in [4.78, 5) is 27.9. The standard InChI is InChI=1S/C19H28N2O4/c1-3-15-6-7-17(25-15)16-13-14(2)8-10-21(16)18(22)5-4-9-20-11-12-24-19(20)23/h6-7,14,16H,3-5,8-13H2,1-2H3. The van der Waals surface area contributed by atoms with E-state index in [-0.39, 0.29) is 18.0 Å². The van der Waals surface area contributed by atoms with Crippen molar-refractivity contribution < 1.29 is 18.7 Å². The second-order valence-electron chi connectivity index (χ2n) is 7.10. The number of likely N-dealkylation sites (tertiary alicyclic amines) is 1. The highest BCUT2D eigenvalue weighted by Gasteiger charge is 2.33. The first-order valence-corrected chi connectivity index (χ1v) is 9.38. The summed E-state index contributed by atoms with van der Waals surface area (Å²) in [5.41, 5.74) is 0. The smallest absolute Gasteiger partial charge is 0.409 e. The second kappa shape index (κ2) is 7.93. The molecule has 0 aliphatic carbocycles. The van der Waals surface area contributed by atoms with Crippen molar-refractivity contribution in [3.63, 3.8) is 0 Å². The molecule has 0 aromatic carbocycles. The predicted octanol–water partition coefficient (Wildman–Crippen LogP) is 3.37. The van der Waals surface area contributed by atoms with Crippen molar-refractivity contribution in [3.8, 4) is 0 Å². The van der Waals surface area contributed by atoms with Gasteiger partial charge in [0, 0.05) is 25.9 Å². The number of furan rings is 1. The van der Waals surface area contributed by atoms with E-state index < -0.39 is 0 Å². The molecule has 0 spiro atoms. The quantitative estimate of drug-likeness (QED) is 0.791. The fourth-order valence-electron chi connectivity index (χ4n) is 3.67. The number of hydrogen-bond donors (Lipinski definition) is 0. The number of nitrogens with zero attached hydrogens (tertiary/aromatic N) is 2. The Morgan fingerprint density at radius 1 is 1.32 bits per heavy atom. The Labute approximate surface area is 149 Å². The zero-order chi connectivity index (χ0) is 17.8. The maximum absolute atomic E-state index is 12.8. The van der Waals surface area contributed by atoms with E-state index in [2.05, 4.69) is 13.8 Å². The summed E-state index contributed by atoms with van der Waals surface area (Å²) in [7, 11) is 0. The van der Waals surface area contributed by atoms with E-state index in [4.69, 9.17) is 9.15 Å². The van der Waals surface area contributed by atoms with Crippen molar-refractivity contribution in [2.75, 3.05) is 26.2 Å². The molecule has 0 N–H and O–H groups in total. The van der Waals surface area contributed by atoms with Crippen LogP contribution in [0.4, 0.5) is 4.79 Å². The summed E-state index contributed by atoms with van der Waals surface area (Å²) in [5.74, 6) is 2.61. The Kier molecular flexibility index (Phi) is 5.66. The van der Waals surface area contributed by atoms with E-state index in [1.165, 1.54) is 0 Å². The molecule has 138 valence electrons. The number of carbonyl (C=O) groups excluding carboxylic acids is 2. The Balaban J connectivity index is 1.59. The van der Waals surface area contributed by atoms with Gasteiger partial charge in [0.15, 0.2) is 0 Å². The van der Waals surface area contributed by atoms with Gasteiger partial charge in [-0.05, 0) is 37.3 Å². The summed E-state index contributed by atoms with van der Waals surface area (Å²) >= 11 is 0. The highest BCUT2D eigenvalue weighted by Crippen LogP contribution is 2.35. The lowest BCUT2D eigenvalue weighted by Crippen LogP contribution is -2.40. The Morgan fingerprint density at radius 3 is 2.84 bits per heavy atom. The van der Waals surface area contributed by atoms with E-state index in [1.54, 1.807) is 4.90 Å². The van der Waals surface area contributed by atoms with Crippen LogP contribution in [0.25, 0.3) is 0 Å². The minimum Gasteiger partial charge on any atom is -0.464 e. The molecule has 3 rings (SSSR count). The molecule has 1 aromatic heterocycles. The first-order chi connectivity index (χ1) is 12.1. The number of carbonyl (C=O) groups is 2. The third-order valence-corrected chi connectivity index (χ3v) is 5.21. The van der Waals surface area contributed by atoms with Crippen LogP contribution in [0.3, 0.4) is 0 Å². The normalized spacial score (nSPS) is 23.8. The number of rotatable bonds is 6. The molecule has 2 aliphatic heterocycles. The predicted molar refractivity (Wildman–Crippen MR) is 93.1 cm³/mol. The highest BCUT2D eigenvalue weighted by atomic mass is 16.6. The molecule has 6 heteroatoms. The van der Waals surface area contributed by atoms with Gasteiger partial charge in [0.1, 0.15) is 18.1 Å². The van der Waals surface area contributed by atoms with Crippen LogP contribution in [-0.4, -0.2) is 48.0 Å². The van der Waals surface area contributed by atoms with Gasteiger partial charge in [-0.3, -0.25) is 4.79 Å². The zero-order valence-corrected chi connectivity index (χ0v) is 15.2. The molecule has 3 heterocycles. The van der Waals surface area contributed by atoms with Crippen molar-refractivity contribution in [1.82, 2.24) is 9.80 Å². The molecule has 6 nitrogen and oxygen atoms in total. The number of aryl methyl sites for hydroxylation is 1. The van der Waals surface area contributed by atoms with Crippen LogP contribution in [0, 0.1) is 5.92 Å². The molecular formula is C19H28N2O4. The molecule has 0 saturated carbocycles. The lowest BCUT2D eigenvalue weighted by atomic mass is 9.90. The average Bonchev–Trinajstić information content (AvgIpc) is 3.24. The molecule has 2 atom stereocenters. The fourth-order valence-corrected chi connectivity index (χ4v) is 3.67. The summed E-state index contributed by atoms with van der Waals surface area (Å²) in [6, 6.07) is 4.06. The van der Waals surface area contributed by atoms with E-state index in [0.29, 0.717) is 38.5 Å². The molecule has 2 saturated heterocycles. The molecule has 2 unspecified atom stereocenters. The van der Waals surface area contributed by atoms with Crippen molar-refractivity contribution in [1.29, 1.82) is 0 Å². The van der Waals surface area contributed by atoms with Crippen molar-refractivity contribution >= 4 is 12.0 Å². The van der Waals surface area contributed by atoms with Gasteiger partial charge in [0.2, 0.25) is 5.91 Å². The van der Waals surface area contributed by atoms with Crippen LogP contribution in [0.15, 0.2) is 16.5 Å². The van der Waals surface area contributed by atoms with Crippen LogP contribution >= 0.6 is 0 Å². The van der Waals surface area contributed by atoms with Crippen LogP contribution < -0.4 is 0 Å². The van der Waals surface area contributed by atoms with Gasteiger partial charge in [0.25, 0.3) is 0 Å².